The number of aliphatic carboxylic acids is 2. The molecule has 752 valence electrons. The van der Waals surface area contributed by atoms with Crippen molar-refractivity contribution in [3.63, 3.8) is 0 Å². The summed E-state index contributed by atoms with van der Waals surface area (Å²) in [5, 5.41) is 135. The Morgan fingerprint density at radius 1 is 0.309 bits per heavy atom. The quantitative estimate of drug-likeness (QED) is 0.0111. The van der Waals surface area contributed by atoms with E-state index in [1.54, 1.807) is 82.4 Å². The first-order valence-corrected chi connectivity index (χ1v) is 44.5. The third-order valence-electron chi connectivity index (χ3n) is 21.0. The van der Waals surface area contributed by atoms with Gasteiger partial charge >= 0.3 is 11.9 Å². The molecule has 0 saturated carbocycles. The highest BCUT2D eigenvalue weighted by molar-refractivity contribution is 6.01. The van der Waals surface area contributed by atoms with Crippen LogP contribution >= 0.6 is 0 Å². The molecular weight excluding hydrogens is 1770 g/mol. The summed E-state index contributed by atoms with van der Waals surface area (Å²) in [6.07, 6.45) is -0.0812. The number of nitrogens with two attached hydrogens (primary N) is 8. The van der Waals surface area contributed by atoms with Gasteiger partial charge < -0.3 is 172 Å². The molecule has 2 aromatic heterocycles. The lowest BCUT2D eigenvalue weighted by atomic mass is 10.0. The molecule has 2 aromatic carbocycles. The van der Waals surface area contributed by atoms with Crippen LogP contribution in [-0.4, -0.2) is 281 Å². The van der Waals surface area contributed by atoms with Crippen LogP contribution in [0.2, 0.25) is 0 Å². The number of aliphatic hydroxyl groups is 1. The van der Waals surface area contributed by atoms with E-state index in [4.69, 9.17) is 83.7 Å². The van der Waals surface area contributed by atoms with E-state index in [1.807, 2.05) is 0 Å². The van der Waals surface area contributed by atoms with Gasteiger partial charge in [0.15, 0.2) is 41.7 Å². The van der Waals surface area contributed by atoms with Crippen molar-refractivity contribution in [2.24, 2.45) is 57.7 Å². The maximum absolute atomic E-state index is 15.1. The summed E-state index contributed by atoms with van der Waals surface area (Å²) in [7, 11) is 0. The molecule has 0 fully saturated rings. The van der Waals surface area contributed by atoms with Gasteiger partial charge in [0.05, 0.1) is 19.1 Å². The van der Waals surface area contributed by atoms with E-state index in [9.17, 15) is 63.3 Å². The summed E-state index contributed by atoms with van der Waals surface area (Å²) in [6.45, 7) is 5.58. The molecule has 0 aliphatic rings. The van der Waals surface area contributed by atoms with Crippen LogP contribution in [0, 0.1) is 49.7 Å². The number of fused-ring (bicyclic) bond motifs is 2. The van der Waals surface area contributed by atoms with E-state index in [-0.39, 0.29) is 173 Å². The van der Waals surface area contributed by atoms with Gasteiger partial charge in [0.1, 0.15) is 72.5 Å². The van der Waals surface area contributed by atoms with Crippen LogP contribution < -0.4 is 147 Å². The predicted octanol–water partition coefficient (Wildman–Crippen LogP) is -7.93. The molecule has 2 heterocycles. The highest BCUT2D eigenvalue weighted by Crippen LogP contribution is 2.23. The van der Waals surface area contributed by atoms with Crippen LogP contribution in [0.1, 0.15) is 148 Å². The summed E-state index contributed by atoms with van der Waals surface area (Å²) in [6, 6.07) is -7.31. The molecule has 0 saturated heterocycles. The van der Waals surface area contributed by atoms with E-state index < -0.39 is 217 Å². The Hall–Kier alpha value is -15.1. The topological polar surface area (TPSA) is 935 Å². The maximum Gasteiger partial charge on any atom is 0.326 e. The highest BCUT2D eigenvalue weighted by atomic mass is 16.4. The zero-order valence-electron chi connectivity index (χ0n) is 76.7. The number of rotatable bonds is 64. The van der Waals surface area contributed by atoms with Crippen LogP contribution in [0.25, 0.3) is 21.8 Å². The highest BCUT2D eigenvalue weighted by Gasteiger charge is 2.39. The number of carboxylic acids is 2. The molecule has 0 bridgehead atoms. The molecule has 0 aliphatic carbocycles. The third-order valence-corrected chi connectivity index (χ3v) is 21.0. The average Bonchev–Trinajstić information content (AvgIpc) is 1.67. The number of hydrogen-bond acceptors (Lipinski definition) is 23. The van der Waals surface area contributed by atoms with Crippen LogP contribution in [0.4, 0.5) is 0 Å². The second kappa shape index (κ2) is 59.4. The van der Waals surface area contributed by atoms with Crippen molar-refractivity contribution in [1.82, 2.24) is 111 Å². The Kier molecular flexibility index (Phi) is 49.5. The third kappa shape index (κ3) is 43.1. The molecule has 0 unspecified atom stereocenters. The van der Waals surface area contributed by atoms with Crippen molar-refractivity contribution in [2.75, 3.05) is 52.4 Å². The number of carbonyl (C=O) groups excluding carboxylic acids is 12. The Morgan fingerprint density at radius 3 is 0.824 bits per heavy atom. The normalized spacial score (nSPS) is 13.9. The number of aromatic amines is 2. The van der Waals surface area contributed by atoms with Gasteiger partial charge in [-0.1, -0.05) is 64.1 Å². The van der Waals surface area contributed by atoms with E-state index in [0.29, 0.717) is 32.9 Å². The standard InChI is InChI=1S/C83H138N36O17/c1-42(2)34-57(71(130)117-60(38-63(121)122)74(133)115-59(37-45-40-107-50-20-8-6-17-47(45)50)73(132)119-62(41-120)75(134)116-58(72(131)118-61(76(135)136)35-43(3)4)36-44-39-106-49-19-7-5-16-46(44)49)114-70(129)56(26-15-33-105-83(97)98)113-69(128)55(25-14-32-104-82(95)96)112-68(127)54(24-13-31-103-81(93)94)111-67(126)53(23-12-30-102-80(91)92)110-66(125)52(22-11-29-101-79(89)90)109-65(124)51(21-10-28-100-78(87)88)108-64(123)48(84)18-9-27-99-77(85)86/h5-8,16-17,19-20,39-40,42-43,48,51-62,106-107,120H,9-15,18,21-38,41,84H2,1-4H3,(H,108,123)(H,109,124)(H,110,125)(H,111,126)(H,112,127)(H,113,128)(H,114,129)(H,115,133)(H,116,134)(H,117,130)(H,118,131)(H,119,132)(H,121,122)(H,135,136)(H4,85,86,99)(H4,87,88,100)(H4,89,90,101)(H4,91,92,102)(H4,93,94,103)(H4,95,96,104)(H4,97,98,105)/t48-,51-,52-,53-,54-,55-,56-,57-,58-,59-,60-,61-,62-/m0/s1. The molecule has 4 aromatic rings. The largest absolute Gasteiger partial charge is 0.481 e. The Morgan fingerprint density at radius 2 is 0.537 bits per heavy atom. The van der Waals surface area contributed by atoms with Crippen molar-refractivity contribution in [3.05, 3.63) is 72.1 Å². The van der Waals surface area contributed by atoms with Gasteiger partial charge in [-0.25, -0.2) is 4.79 Å². The summed E-state index contributed by atoms with van der Waals surface area (Å²) >= 11 is 0. The minimum absolute atomic E-state index is 0.00293. The van der Waals surface area contributed by atoms with Gasteiger partial charge in [-0.3, -0.25) is 100 Å². The summed E-state index contributed by atoms with van der Waals surface area (Å²) in [4.78, 5) is 208. The van der Waals surface area contributed by atoms with Crippen molar-refractivity contribution in [1.29, 1.82) is 37.9 Å². The molecule has 53 heteroatoms. The van der Waals surface area contributed by atoms with Crippen molar-refractivity contribution < 1.29 is 82.4 Å². The first kappa shape index (κ1) is 113. The number of para-hydroxylation sites is 2. The number of carbonyl (C=O) groups is 14. The van der Waals surface area contributed by atoms with E-state index in [2.05, 4.69) is 111 Å². The first-order valence-electron chi connectivity index (χ1n) is 44.5. The molecule has 0 radical (unpaired) electrons. The van der Waals surface area contributed by atoms with Gasteiger partial charge in [0.2, 0.25) is 70.9 Å². The number of aromatic nitrogens is 2. The van der Waals surface area contributed by atoms with Gasteiger partial charge in [-0.2, -0.15) is 0 Å². The van der Waals surface area contributed by atoms with Crippen LogP contribution in [0.15, 0.2) is 60.9 Å². The zero-order chi connectivity index (χ0) is 101. The molecule has 0 aliphatic heterocycles. The smallest absolute Gasteiger partial charge is 0.326 e. The average molecular weight is 1910 g/mol. The zero-order valence-corrected chi connectivity index (χ0v) is 76.7. The fourth-order valence-electron chi connectivity index (χ4n) is 14.2. The van der Waals surface area contributed by atoms with Crippen molar-refractivity contribution in [3.8, 4) is 0 Å². The molecule has 0 spiro atoms. The number of nitrogens with one attached hydrogen (secondary N) is 28. The second-order valence-corrected chi connectivity index (χ2v) is 33.2. The number of aliphatic hydroxyl groups excluding tert-OH is 1. The lowest BCUT2D eigenvalue weighted by molar-refractivity contribution is -0.143. The van der Waals surface area contributed by atoms with Crippen LogP contribution in [0.5, 0.6) is 0 Å². The SMILES string of the molecule is CC(C)C[C@H](NC(=O)[C@H](Cc1c[nH]c2ccccc12)NC(=O)[C@H](CO)NC(=O)[C@H](Cc1c[nH]c2ccccc12)NC(=O)[C@H](CC(=O)O)NC(=O)[C@H](CC(C)C)NC(=O)[C@H](CCCNC(=N)N)NC(=O)[C@H](CCCNC(=N)N)NC(=O)[C@H](CCCNC(=N)N)NC(=O)[C@H](CCCNC(=N)N)NC(=O)[C@H](CCCNC(=N)N)NC(=O)[C@H](CCCNC(=N)N)NC(=O)[C@@H](N)CCCNC(=N)N)C(=O)O. The number of amides is 12. The minimum atomic E-state index is -2.08. The molecular formula is C83H138N36O17. The van der Waals surface area contributed by atoms with E-state index >= 15 is 19.2 Å². The second-order valence-electron chi connectivity index (χ2n) is 33.2. The molecule has 53 nitrogen and oxygen atoms in total. The number of hydrogen-bond donors (Lipinski definition) is 39. The van der Waals surface area contributed by atoms with E-state index in [0.717, 1.165) is 0 Å². The predicted molar refractivity (Wildman–Crippen MR) is 505 cm³/mol. The fourth-order valence-corrected chi connectivity index (χ4v) is 14.2. The van der Waals surface area contributed by atoms with E-state index in [1.165, 1.54) is 6.20 Å². The van der Waals surface area contributed by atoms with Crippen molar-refractivity contribution in [2.45, 2.75) is 228 Å². The lowest BCUT2D eigenvalue weighted by Gasteiger charge is -2.29. The van der Waals surface area contributed by atoms with Crippen molar-refractivity contribution >= 4 is 146 Å². The van der Waals surface area contributed by atoms with Gasteiger partial charge in [0, 0.05) is 92.9 Å². The van der Waals surface area contributed by atoms with Gasteiger partial charge in [-0.05, 0) is 138 Å². The van der Waals surface area contributed by atoms with Gasteiger partial charge in [-0.15, -0.1) is 0 Å². The summed E-state index contributed by atoms with van der Waals surface area (Å²) in [5.41, 5.74) is 47.2. The van der Waals surface area contributed by atoms with Crippen LogP contribution in [0.3, 0.4) is 0 Å². The van der Waals surface area contributed by atoms with Crippen LogP contribution in [-0.2, 0) is 80.0 Å². The number of guanidine groups is 7. The minimum Gasteiger partial charge on any atom is -0.481 e. The molecule has 13 atom stereocenters. The van der Waals surface area contributed by atoms with Gasteiger partial charge in [0.25, 0.3) is 0 Å². The maximum atomic E-state index is 15.1. The number of carboxylic acid groups (broad SMARTS) is 2. The summed E-state index contributed by atoms with van der Waals surface area (Å²) in [5.74, 6) is -19.4. The summed E-state index contributed by atoms with van der Waals surface area (Å²) < 4.78 is 0. The number of H-pyrrole nitrogens is 2. The first-order chi connectivity index (χ1) is 64.4. The molecule has 47 N–H and O–H groups in total. The molecule has 136 heavy (non-hydrogen) atoms. The Balaban J connectivity index is 1.75. The fraction of sp³-hybridized carbons (Fsp3) is 0.554. The Labute approximate surface area is 784 Å². The monoisotopic (exact) mass is 1910 g/mol. The molecule has 12 amide bonds. The lowest BCUT2D eigenvalue weighted by Crippen LogP contribution is -2.61. The number of benzene rings is 2. The molecule has 4 rings (SSSR count). The Bertz CT molecular complexity index is 4750.